The first kappa shape index (κ1) is 13.1. The van der Waals surface area contributed by atoms with E-state index < -0.39 is 0 Å². The molecule has 6 heteroatoms. The molecule has 3 rings (SSSR count). The number of thiophene rings is 1. The molecule has 0 saturated carbocycles. The summed E-state index contributed by atoms with van der Waals surface area (Å²) in [4.78, 5) is 2.37. The van der Waals surface area contributed by atoms with Gasteiger partial charge in [-0.15, -0.1) is 0 Å². The van der Waals surface area contributed by atoms with E-state index in [0.29, 0.717) is 0 Å². The van der Waals surface area contributed by atoms with Crippen LogP contribution in [0, 0.1) is 0 Å². The van der Waals surface area contributed by atoms with Crippen LogP contribution in [0.15, 0.2) is 23.0 Å². The lowest BCUT2D eigenvalue weighted by molar-refractivity contribution is -0.0333. The first-order chi connectivity index (χ1) is 9.24. The molecule has 1 aliphatic heterocycles. The number of nitrogens with zero attached hydrogens (tertiary/aromatic N) is 3. The summed E-state index contributed by atoms with van der Waals surface area (Å²) < 4.78 is 7.69. The van der Waals surface area contributed by atoms with Crippen LogP contribution in [0.3, 0.4) is 0 Å². The van der Waals surface area contributed by atoms with Crippen LogP contribution in [-0.2, 0) is 18.3 Å². The van der Waals surface area contributed by atoms with E-state index in [-0.39, 0.29) is 6.10 Å². The van der Waals surface area contributed by atoms with E-state index in [4.69, 9.17) is 16.3 Å². The number of morpholine rings is 1. The molecule has 0 aromatic carbocycles. The lowest BCUT2D eigenvalue weighted by Crippen LogP contribution is -2.38. The van der Waals surface area contributed by atoms with E-state index in [1.165, 1.54) is 5.56 Å². The van der Waals surface area contributed by atoms with Gasteiger partial charge in [-0.3, -0.25) is 9.58 Å². The molecule has 0 N–H and O–H groups in total. The van der Waals surface area contributed by atoms with Gasteiger partial charge in [0.25, 0.3) is 0 Å². The number of ether oxygens (including phenoxy) is 1. The van der Waals surface area contributed by atoms with Crippen LogP contribution in [0.25, 0.3) is 0 Å². The minimum atomic E-state index is 0.173. The van der Waals surface area contributed by atoms with Crippen LogP contribution in [0.5, 0.6) is 0 Å². The Labute approximate surface area is 121 Å². The molecule has 0 bridgehead atoms. The van der Waals surface area contributed by atoms with Crippen LogP contribution >= 0.6 is 22.9 Å². The van der Waals surface area contributed by atoms with Gasteiger partial charge in [-0.05, 0) is 22.4 Å². The van der Waals surface area contributed by atoms with Crippen LogP contribution < -0.4 is 0 Å². The third-order valence-electron chi connectivity index (χ3n) is 3.45. The van der Waals surface area contributed by atoms with E-state index in [0.717, 1.165) is 37.0 Å². The molecule has 0 amide bonds. The normalized spacial score (nSPS) is 20.8. The Morgan fingerprint density at radius 3 is 3.16 bits per heavy atom. The van der Waals surface area contributed by atoms with Crippen molar-refractivity contribution in [1.29, 1.82) is 0 Å². The molecule has 102 valence electrons. The van der Waals surface area contributed by atoms with Crippen molar-refractivity contribution < 1.29 is 4.74 Å². The molecular weight excluding hydrogens is 282 g/mol. The molecule has 1 saturated heterocycles. The lowest BCUT2D eigenvalue weighted by Gasteiger charge is -2.32. The third-order valence-corrected chi connectivity index (χ3v) is 4.47. The fraction of sp³-hybridized carbons (Fsp3) is 0.462. The lowest BCUT2D eigenvalue weighted by atomic mass is 10.1. The summed E-state index contributed by atoms with van der Waals surface area (Å²) in [5.74, 6) is 0. The smallest absolute Gasteiger partial charge is 0.0960 e. The fourth-order valence-electron chi connectivity index (χ4n) is 2.33. The largest absolute Gasteiger partial charge is 0.371 e. The van der Waals surface area contributed by atoms with Gasteiger partial charge in [0, 0.05) is 26.7 Å². The molecule has 1 fully saturated rings. The highest BCUT2D eigenvalue weighted by atomic mass is 35.5. The maximum Gasteiger partial charge on any atom is 0.0960 e. The van der Waals surface area contributed by atoms with Crippen LogP contribution in [0.1, 0.15) is 17.4 Å². The molecule has 2 aromatic rings. The predicted octanol–water partition coefficient (Wildman–Crippen LogP) is 2.71. The summed E-state index contributed by atoms with van der Waals surface area (Å²) in [5, 5.41) is 9.17. The van der Waals surface area contributed by atoms with Crippen molar-refractivity contribution >= 4 is 22.9 Å². The average Bonchev–Trinajstić information content (AvgIpc) is 3.05. The molecule has 1 unspecified atom stereocenters. The molecular formula is C13H16ClN3OS. The number of hydrogen-bond donors (Lipinski definition) is 0. The summed E-state index contributed by atoms with van der Waals surface area (Å²) in [7, 11) is 1.93. The molecule has 19 heavy (non-hydrogen) atoms. The number of rotatable bonds is 3. The average molecular weight is 298 g/mol. The predicted molar refractivity (Wildman–Crippen MR) is 76.5 cm³/mol. The highest BCUT2D eigenvalue weighted by Crippen LogP contribution is 2.26. The molecule has 2 aromatic heterocycles. The zero-order valence-electron chi connectivity index (χ0n) is 10.8. The van der Waals surface area contributed by atoms with Crippen molar-refractivity contribution in [2.75, 3.05) is 19.7 Å². The van der Waals surface area contributed by atoms with Gasteiger partial charge in [0.2, 0.25) is 0 Å². The molecule has 0 radical (unpaired) electrons. The Kier molecular flexibility index (Phi) is 3.88. The Hall–Kier alpha value is -0.880. The van der Waals surface area contributed by atoms with E-state index in [1.807, 2.05) is 11.7 Å². The van der Waals surface area contributed by atoms with Gasteiger partial charge in [0.05, 0.1) is 29.6 Å². The maximum absolute atomic E-state index is 6.16. The van der Waals surface area contributed by atoms with Crippen molar-refractivity contribution in [1.82, 2.24) is 14.7 Å². The summed E-state index contributed by atoms with van der Waals surface area (Å²) in [6.45, 7) is 3.41. The first-order valence-corrected chi connectivity index (χ1v) is 7.58. The van der Waals surface area contributed by atoms with Crippen molar-refractivity contribution in [3.63, 3.8) is 0 Å². The van der Waals surface area contributed by atoms with Gasteiger partial charge in [-0.2, -0.15) is 16.4 Å². The molecule has 0 spiro atoms. The Balaban J connectivity index is 1.69. The highest BCUT2D eigenvalue weighted by molar-refractivity contribution is 7.07. The number of hydrogen-bond acceptors (Lipinski definition) is 4. The van der Waals surface area contributed by atoms with Gasteiger partial charge in [0.1, 0.15) is 0 Å². The minimum Gasteiger partial charge on any atom is -0.371 e. The molecule has 4 nitrogen and oxygen atoms in total. The van der Waals surface area contributed by atoms with Crippen molar-refractivity contribution in [3.8, 4) is 0 Å². The SMILES string of the molecule is Cn1ncc(Cl)c1CN1CCOC(c2ccsc2)C1. The highest BCUT2D eigenvalue weighted by Gasteiger charge is 2.23. The third kappa shape index (κ3) is 2.84. The zero-order valence-corrected chi connectivity index (χ0v) is 12.3. The number of aryl methyl sites for hydroxylation is 1. The topological polar surface area (TPSA) is 30.3 Å². The van der Waals surface area contributed by atoms with Crippen molar-refractivity contribution in [3.05, 3.63) is 39.3 Å². The second-order valence-corrected chi connectivity index (χ2v) is 5.90. The molecule has 1 atom stereocenters. The van der Waals surface area contributed by atoms with Crippen molar-refractivity contribution in [2.24, 2.45) is 7.05 Å². The zero-order chi connectivity index (χ0) is 13.2. The van der Waals surface area contributed by atoms with Gasteiger partial charge >= 0.3 is 0 Å². The minimum absolute atomic E-state index is 0.173. The van der Waals surface area contributed by atoms with Crippen molar-refractivity contribution in [2.45, 2.75) is 12.6 Å². The fourth-order valence-corrected chi connectivity index (χ4v) is 3.26. The second kappa shape index (κ2) is 5.63. The number of aromatic nitrogens is 2. The van der Waals surface area contributed by atoms with Gasteiger partial charge in [-0.25, -0.2) is 0 Å². The van der Waals surface area contributed by atoms with Crippen LogP contribution in [0.2, 0.25) is 5.02 Å². The molecule has 3 heterocycles. The van der Waals surface area contributed by atoms with Gasteiger partial charge < -0.3 is 4.74 Å². The molecule has 1 aliphatic rings. The summed E-state index contributed by atoms with van der Waals surface area (Å²) in [5.41, 5.74) is 2.33. The monoisotopic (exact) mass is 297 g/mol. The second-order valence-electron chi connectivity index (χ2n) is 4.71. The molecule has 0 aliphatic carbocycles. The van der Waals surface area contributed by atoms with E-state index in [1.54, 1.807) is 17.5 Å². The standard InChI is InChI=1S/C13H16ClN3OS/c1-16-12(11(14)6-15-16)7-17-3-4-18-13(8-17)10-2-5-19-9-10/h2,5-6,9,13H,3-4,7-8H2,1H3. The van der Waals surface area contributed by atoms with Crippen LogP contribution in [-0.4, -0.2) is 34.4 Å². The number of halogens is 1. The van der Waals surface area contributed by atoms with Gasteiger partial charge in [0.15, 0.2) is 0 Å². The summed E-state index contributed by atoms with van der Waals surface area (Å²) in [6, 6.07) is 2.13. The van der Waals surface area contributed by atoms with E-state index in [2.05, 4.69) is 26.8 Å². The van der Waals surface area contributed by atoms with E-state index >= 15 is 0 Å². The summed E-state index contributed by atoms with van der Waals surface area (Å²) in [6.07, 6.45) is 1.88. The Morgan fingerprint density at radius 2 is 2.47 bits per heavy atom. The van der Waals surface area contributed by atoms with Crippen LogP contribution in [0.4, 0.5) is 0 Å². The first-order valence-electron chi connectivity index (χ1n) is 6.26. The quantitative estimate of drug-likeness (QED) is 0.872. The van der Waals surface area contributed by atoms with E-state index in [9.17, 15) is 0 Å². The Bertz CT molecular complexity index is 521. The Morgan fingerprint density at radius 1 is 1.58 bits per heavy atom. The van der Waals surface area contributed by atoms with Gasteiger partial charge in [-0.1, -0.05) is 11.6 Å². The summed E-state index contributed by atoms with van der Waals surface area (Å²) >= 11 is 7.87. The maximum atomic E-state index is 6.16.